The number of hydrogen-bond acceptors (Lipinski definition) is 5. The van der Waals surface area contributed by atoms with E-state index < -0.39 is 0 Å². The van der Waals surface area contributed by atoms with Gasteiger partial charge >= 0.3 is 0 Å². The molecule has 6 heteroatoms. The average Bonchev–Trinajstić information content (AvgIpc) is 3.17. The van der Waals surface area contributed by atoms with Crippen LogP contribution in [0.2, 0.25) is 5.02 Å². The number of anilines is 1. The molecule has 1 aromatic carbocycles. The van der Waals surface area contributed by atoms with Crippen LogP contribution in [0, 0.1) is 0 Å². The van der Waals surface area contributed by atoms with Crippen LogP contribution < -0.4 is 4.90 Å². The van der Waals surface area contributed by atoms with Gasteiger partial charge in [-0.2, -0.15) is 0 Å². The van der Waals surface area contributed by atoms with E-state index in [1.807, 2.05) is 24.4 Å². The van der Waals surface area contributed by atoms with E-state index in [4.69, 9.17) is 11.6 Å². The van der Waals surface area contributed by atoms with Crippen LogP contribution in [0.1, 0.15) is 31.2 Å². The Morgan fingerprint density at radius 2 is 1.77 bits per heavy atom. The van der Waals surface area contributed by atoms with E-state index in [1.165, 1.54) is 18.4 Å². The van der Waals surface area contributed by atoms with Crippen molar-refractivity contribution < 1.29 is 5.11 Å². The number of nitrogens with zero attached hydrogens (tertiary/aromatic N) is 4. The van der Waals surface area contributed by atoms with Crippen LogP contribution >= 0.6 is 11.6 Å². The highest BCUT2D eigenvalue weighted by Crippen LogP contribution is 2.31. The number of aliphatic hydroxyl groups is 1. The second-order valence-corrected chi connectivity index (χ2v) is 9.86. The van der Waals surface area contributed by atoms with Gasteiger partial charge in [0, 0.05) is 62.1 Å². The molecule has 2 aromatic rings. The Morgan fingerprint density at radius 3 is 2.52 bits per heavy atom. The molecule has 3 fully saturated rings. The van der Waals surface area contributed by atoms with Gasteiger partial charge in [0.15, 0.2) is 0 Å². The molecule has 0 saturated carbocycles. The van der Waals surface area contributed by atoms with Crippen LogP contribution in [0.25, 0.3) is 0 Å². The van der Waals surface area contributed by atoms with Gasteiger partial charge < -0.3 is 10.0 Å². The highest BCUT2D eigenvalue weighted by Gasteiger charge is 2.42. The van der Waals surface area contributed by atoms with Crippen LogP contribution in [0.15, 0.2) is 48.7 Å². The van der Waals surface area contributed by atoms with Crippen molar-refractivity contribution in [3.8, 4) is 0 Å². The van der Waals surface area contributed by atoms with Gasteiger partial charge in [0.05, 0.1) is 6.10 Å². The zero-order chi connectivity index (χ0) is 21.2. The molecule has 3 atom stereocenters. The average molecular weight is 441 g/mol. The van der Waals surface area contributed by atoms with Gasteiger partial charge in [0.1, 0.15) is 5.82 Å². The molecule has 3 aliphatic rings. The number of aliphatic hydroxyl groups excluding tert-OH is 1. The minimum absolute atomic E-state index is 0.159. The summed E-state index contributed by atoms with van der Waals surface area (Å²) in [5.41, 5.74) is 1.36. The summed E-state index contributed by atoms with van der Waals surface area (Å²) < 4.78 is 0. The smallest absolute Gasteiger partial charge is 0.128 e. The van der Waals surface area contributed by atoms with Crippen molar-refractivity contribution in [3.05, 3.63) is 59.2 Å². The molecule has 0 unspecified atom stereocenters. The summed E-state index contributed by atoms with van der Waals surface area (Å²) >= 11 is 6.07. The van der Waals surface area contributed by atoms with E-state index in [2.05, 4.69) is 43.9 Å². The first kappa shape index (κ1) is 21.2. The van der Waals surface area contributed by atoms with Crippen molar-refractivity contribution in [1.29, 1.82) is 0 Å². The van der Waals surface area contributed by atoms with Gasteiger partial charge in [-0.05, 0) is 61.9 Å². The topological polar surface area (TPSA) is 42.8 Å². The third kappa shape index (κ3) is 4.90. The molecule has 0 aliphatic carbocycles. The maximum Gasteiger partial charge on any atom is 0.128 e. The summed E-state index contributed by atoms with van der Waals surface area (Å²) in [6.45, 7) is 5.15. The first-order valence-corrected chi connectivity index (χ1v) is 12.1. The lowest BCUT2D eigenvalue weighted by atomic mass is 9.94. The van der Waals surface area contributed by atoms with Gasteiger partial charge in [-0.3, -0.25) is 9.80 Å². The number of pyridine rings is 1. The third-order valence-corrected chi connectivity index (χ3v) is 7.68. The molecule has 5 nitrogen and oxygen atoms in total. The molecule has 0 spiro atoms. The summed E-state index contributed by atoms with van der Waals surface area (Å²) in [6, 6.07) is 16.2. The van der Waals surface area contributed by atoms with E-state index in [1.54, 1.807) is 0 Å². The van der Waals surface area contributed by atoms with Gasteiger partial charge in [0.2, 0.25) is 0 Å². The van der Waals surface area contributed by atoms with E-state index in [0.717, 1.165) is 62.8 Å². The molecule has 31 heavy (non-hydrogen) atoms. The summed E-state index contributed by atoms with van der Waals surface area (Å²) in [6.07, 6.45) is 7.25. The lowest BCUT2D eigenvalue weighted by Gasteiger charge is -2.49. The number of aryl methyl sites for hydroxylation is 1. The quantitative estimate of drug-likeness (QED) is 0.771. The Hall–Kier alpha value is -1.66. The largest absolute Gasteiger partial charge is 0.392 e. The Morgan fingerprint density at radius 1 is 0.968 bits per heavy atom. The first-order chi connectivity index (χ1) is 15.2. The van der Waals surface area contributed by atoms with E-state index in [9.17, 15) is 5.11 Å². The minimum Gasteiger partial charge on any atom is -0.392 e. The van der Waals surface area contributed by atoms with Crippen molar-refractivity contribution in [2.45, 2.75) is 56.3 Å². The second kappa shape index (κ2) is 9.45. The van der Waals surface area contributed by atoms with Crippen LogP contribution in [0.4, 0.5) is 5.82 Å². The SMILES string of the molecule is O[C@H]1C[C@H]2CN(C3CCN(c4ccccn4)CC3)[C@@H](CCc3ccc(Cl)cc3)CN2C1. The third-order valence-electron chi connectivity index (χ3n) is 7.43. The predicted molar refractivity (Wildman–Crippen MR) is 126 cm³/mol. The molecule has 0 radical (unpaired) electrons. The van der Waals surface area contributed by atoms with Gasteiger partial charge in [-0.25, -0.2) is 4.98 Å². The fourth-order valence-corrected chi connectivity index (χ4v) is 5.92. The molecule has 5 rings (SSSR count). The molecule has 0 bridgehead atoms. The van der Waals surface area contributed by atoms with E-state index in [-0.39, 0.29) is 6.10 Å². The van der Waals surface area contributed by atoms with E-state index >= 15 is 0 Å². The molecule has 3 saturated heterocycles. The molecule has 1 N–H and O–H groups in total. The zero-order valence-corrected chi connectivity index (χ0v) is 18.9. The lowest BCUT2D eigenvalue weighted by Crippen LogP contribution is -2.60. The number of aromatic nitrogens is 1. The van der Waals surface area contributed by atoms with Gasteiger partial charge in [0.25, 0.3) is 0 Å². The fraction of sp³-hybridized carbons (Fsp3) is 0.560. The second-order valence-electron chi connectivity index (χ2n) is 9.42. The minimum atomic E-state index is -0.159. The molecule has 0 amide bonds. The normalized spacial score (nSPS) is 28.1. The molecule has 1 aromatic heterocycles. The number of halogens is 1. The zero-order valence-electron chi connectivity index (χ0n) is 18.1. The lowest BCUT2D eigenvalue weighted by molar-refractivity contribution is 0.00871. The van der Waals surface area contributed by atoms with Crippen LogP contribution in [-0.2, 0) is 6.42 Å². The standard InChI is InChI=1S/C25H33ClN4O/c26-20-7-4-19(5-8-20)6-9-22-16-29-18-24(31)15-23(29)17-30(22)21-10-13-28(14-11-21)25-3-1-2-12-27-25/h1-5,7-8,12,21-24,31H,6,9-11,13-18H2/t22-,23-,24-/m0/s1. The van der Waals surface area contributed by atoms with E-state index in [0.29, 0.717) is 18.1 Å². The Balaban J connectivity index is 1.25. The van der Waals surface area contributed by atoms with Crippen LogP contribution in [0.3, 0.4) is 0 Å². The maximum absolute atomic E-state index is 10.3. The van der Waals surface area contributed by atoms with Crippen molar-refractivity contribution in [2.75, 3.05) is 37.6 Å². The summed E-state index contributed by atoms with van der Waals surface area (Å²) in [5, 5.41) is 11.1. The Bertz CT molecular complexity index is 840. The number of piperidine rings is 1. The van der Waals surface area contributed by atoms with Crippen LogP contribution in [0.5, 0.6) is 0 Å². The molecule has 166 valence electrons. The number of benzene rings is 1. The van der Waals surface area contributed by atoms with Gasteiger partial charge in [-0.1, -0.05) is 29.8 Å². The summed E-state index contributed by atoms with van der Waals surface area (Å²) in [5.74, 6) is 1.10. The van der Waals surface area contributed by atoms with Crippen molar-refractivity contribution in [2.24, 2.45) is 0 Å². The molecular weight excluding hydrogens is 408 g/mol. The number of hydrogen-bond donors (Lipinski definition) is 1. The predicted octanol–water partition coefficient (Wildman–Crippen LogP) is 3.46. The Labute approximate surface area is 190 Å². The van der Waals surface area contributed by atoms with Crippen molar-refractivity contribution >= 4 is 17.4 Å². The molecule has 3 aliphatic heterocycles. The summed E-state index contributed by atoms with van der Waals surface area (Å²) in [7, 11) is 0. The Kier molecular flexibility index (Phi) is 6.46. The number of rotatable bonds is 5. The fourth-order valence-electron chi connectivity index (χ4n) is 5.80. The van der Waals surface area contributed by atoms with Crippen molar-refractivity contribution in [3.63, 3.8) is 0 Å². The number of fused-ring (bicyclic) bond motifs is 1. The highest BCUT2D eigenvalue weighted by molar-refractivity contribution is 6.30. The monoisotopic (exact) mass is 440 g/mol. The van der Waals surface area contributed by atoms with Crippen LogP contribution in [-0.4, -0.2) is 76.8 Å². The molecular formula is C25H33ClN4O. The first-order valence-electron chi connectivity index (χ1n) is 11.7. The highest BCUT2D eigenvalue weighted by atomic mass is 35.5. The van der Waals surface area contributed by atoms with Gasteiger partial charge in [-0.15, -0.1) is 0 Å². The number of piperazine rings is 1. The maximum atomic E-state index is 10.3. The van der Waals surface area contributed by atoms with Crippen molar-refractivity contribution in [1.82, 2.24) is 14.8 Å². The summed E-state index contributed by atoms with van der Waals surface area (Å²) in [4.78, 5) is 12.3. The molecule has 4 heterocycles.